The van der Waals surface area contributed by atoms with Crippen LogP contribution >= 0.6 is 0 Å². The fourth-order valence-electron chi connectivity index (χ4n) is 2.98. The number of esters is 1. The van der Waals surface area contributed by atoms with Gasteiger partial charge in [0.15, 0.2) is 0 Å². The Balaban J connectivity index is 1.65. The average molecular weight is 360 g/mol. The summed E-state index contributed by atoms with van der Waals surface area (Å²) in [7, 11) is 1.31. The van der Waals surface area contributed by atoms with Crippen LogP contribution in [0, 0.1) is 0 Å². The minimum atomic E-state index is -0.512. The van der Waals surface area contributed by atoms with E-state index < -0.39 is 5.97 Å². The lowest BCUT2D eigenvalue weighted by atomic mass is 10.0. The van der Waals surface area contributed by atoms with Gasteiger partial charge in [0.05, 0.1) is 23.9 Å². The predicted octanol–water partition coefficient (Wildman–Crippen LogP) is 3.01. The van der Waals surface area contributed by atoms with Crippen molar-refractivity contribution in [2.24, 2.45) is 0 Å². The summed E-state index contributed by atoms with van der Waals surface area (Å²) < 4.78 is 6.37. The Labute approximate surface area is 154 Å². The van der Waals surface area contributed by atoms with Gasteiger partial charge < -0.3 is 10.1 Å². The summed E-state index contributed by atoms with van der Waals surface area (Å²) in [5.41, 5.74) is 2.17. The SMILES string of the molecule is COC(=O)c1cc2ccccc2cc1NC(=O)Cn1nnc2ccccc21. The molecule has 1 N–H and O–H groups in total. The molecule has 0 aliphatic rings. The number of carbonyl (C=O) groups is 2. The van der Waals surface area contributed by atoms with E-state index in [2.05, 4.69) is 15.6 Å². The zero-order valence-corrected chi connectivity index (χ0v) is 14.5. The Morgan fingerprint density at radius 3 is 2.52 bits per heavy atom. The minimum Gasteiger partial charge on any atom is -0.465 e. The third-order valence-corrected chi connectivity index (χ3v) is 4.28. The molecule has 0 radical (unpaired) electrons. The summed E-state index contributed by atoms with van der Waals surface area (Å²) in [5, 5.41) is 12.6. The van der Waals surface area contributed by atoms with Crippen LogP contribution in [0.2, 0.25) is 0 Å². The normalized spacial score (nSPS) is 10.9. The van der Waals surface area contributed by atoms with Crippen LogP contribution in [-0.2, 0) is 16.1 Å². The van der Waals surface area contributed by atoms with E-state index in [0.717, 1.165) is 16.3 Å². The number of hydrogen-bond donors (Lipinski definition) is 1. The zero-order valence-electron chi connectivity index (χ0n) is 14.5. The average Bonchev–Trinajstić information content (AvgIpc) is 3.09. The number of benzene rings is 3. The molecular weight excluding hydrogens is 344 g/mol. The van der Waals surface area contributed by atoms with Gasteiger partial charge in [0.1, 0.15) is 12.1 Å². The first kappa shape index (κ1) is 16.7. The van der Waals surface area contributed by atoms with Crippen molar-refractivity contribution in [3.63, 3.8) is 0 Å². The first-order valence-corrected chi connectivity index (χ1v) is 8.35. The van der Waals surface area contributed by atoms with E-state index in [9.17, 15) is 9.59 Å². The summed E-state index contributed by atoms with van der Waals surface area (Å²) in [6, 6.07) is 18.5. The van der Waals surface area contributed by atoms with Gasteiger partial charge in [-0.3, -0.25) is 4.79 Å². The third-order valence-electron chi connectivity index (χ3n) is 4.28. The van der Waals surface area contributed by atoms with E-state index in [1.54, 1.807) is 12.1 Å². The van der Waals surface area contributed by atoms with Crippen molar-refractivity contribution < 1.29 is 14.3 Å². The molecule has 1 heterocycles. The summed E-state index contributed by atoms with van der Waals surface area (Å²) in [4.78, 5) is 24.7. The zero-order chi connectivity index (χ0) is 18.8. The van der Waals surface area contributed by atoms with E-state index in [4.69, 9.17) is 4.74 Å². The van der Waals surface area contributed by atoms with Crippen LogP contribution in [0.1, 0.15) is 10.4 Å². The monoisotopic (exact) mass is 360 g/mol. The quantitative estimate of drug-likeness (QED) is 0.566. The molecule has 7 heteroatoms. The van der Waals surface area contributed by atoms with Gasteiger partial charge in [-0.25, -0.2) is 9.48 Å². The largest absolute Gasteiger partial charge is 0.465 e. The molecule has 27 heavy (non-hydrogen) atoms. The van der Waals surface area contributed by atoms with Crippen LogP contribution in [0.4, 0.5) is 5.69 Å². The molecule has 1 amide bonds. The molecule has 0 fully saturated rings. The van der Waals surface area contributed by atoms with Gasteiger partial charge in [0.2, 0.25) is 5.91 Å². The number of carbonyl (C=O) groups excluding carboxylic acids is 2. The van der Waals surface area contributed by atoms with E-state index >= 15 is 0 Å². The van der Waals surface area contributed by atoms with Crippen molar-refractivity contribution in [3.8, 4) is 0 Å². The molecule has 7 nitrogen and oxygen atoms in total. The molecule has 0 aliphatic carbocycles. The fourth-order valence-corrected chi connectivity index (χ4v) is 2.98. The van der Waals surface area contributed by atoms with Gasteiger partial charge in [-0.15, -0.1) is 5.10 Å². The topological polar surface area (TPSA) is 86.1 Å². The molecule has 0 unspecified atom stereocenters. The maximum absolute atomic E-state index is 12.6. The van der Waals surface area contributed by atoms with Crippen LogP contribution in [0.3, 0.4) is 0 Å². The van der Waals surface area contributed by atoms with Crippen LogP contribution in [-0.4, -0.2) is 34.0 Å². The summed E-state index contributed by atoms with van der Waals surface area (Å²) in [5.74, 6) is -0.826. The molecule has 1 aromatic heterocycles. The number of nitrogens with zero attached hydrogens (tertiary/aromatic N) is 3. The van der Waals surface area contributed by atoms with Crippen molar-refractivity contribution in [1.29, 1.82) is 0 Å². The number of amides is 1. The second kappa shape index (κ2) is 6.87. The molecule has 3 aromatic carbocycles. The lowest BCUT2D eigenvalue weighted by Crippen LogP contribution is -2.21. The number of aromatic nitrogens is 3. The highest BCUT2D eigenvalue weighted by Crippen LogP contribution is 2.25. The molecule has 0 bridgehead atoms. The van der Waals surface area contributed by atoms with Gasteiger partial charge in [0, 0.05) is 0 Å². The summed E-state index contributed by atoms with van der Waals surface area (Å²) in [6.07, 6.45) is 0. The first-order chi connectivity index (χ1) is 13.2. The van der Waals surface area contributed by atoms with Crippen LogP contribution < -0.4 is 5.32 Å². The molecule has 134 valence electrons. The Hall–Kier alpha value is -3.74. The van der Waals surface area contributed by atoms with Gasteiger partial charge >= 0.3 is 5.97 Å². The molecule has 4 aromatic rings. The number of para-hydroxylation sites is 1. The lowest BCUT2D eigenvalue weighted by molar-refractivity contribution is -0.116. The van der Waals surface area contributed by atoms with Gasteiger partial charge in [-0.2, -0.15) is 0 Å². The molecule has 0 saturated heterocycles. The number of rotatable bonds is 4. The second-order valence-electron chi connectivity index (χ2n) is 6.02. The second-order valence-corrected chi connectivity index (χ2v) is 6.02. The number of fused-ring (bicyclic) bond motifs is 2. The highest BCUT2D eigenvalue weighted by atomic mass is 16.5. The smallest absolute Gasteiger partial charge is 0.339 e. The molecule has 0 saturated carbocycles. The number of methoxy groups -OCH3 is 1. The number of ether oxygens (including phenoxy) is 1. The van der Waals surface area contributed by atoms with Gasteiger partial charge in [0.25, 0.3) is 0 Å². The summed E-state index contributed by atoms with van der Waals surface area (Å²) >= 11 is 0. The fraction of sp³-hybridized carbons (Fsp3) is 0.100. The molecule has 4 rings (SSSR count). The van der Waals surface area contributed by atoms with Crippen LogP contribution in [0.5, 0.6) is 0 Å². The number of nitrogens with one attached hydrogen (secondary N) is 1. The Kier molecular flexibility index (Phi) is 4.25. The highest BCUT2D eigenvalue weighted by Gasteiger charge is 2.16. The van der Waals surface area contributed by atoms with E-state index in [-0.39, 0.29) is 12.5 Å². The Bertz CT molecular complexity index is 1170. The van der Waals surface area contributed by atoms with Crippen molar-refractivity contribution in [3.05, 3.63) is 66.2 Å². The van der Waals surface area contributed by atoms with E-state index in [0.29, 0.717) is 16.8 Å². The van der Waals surface area contributed by atoms with Gasteiger partial charge in [-0.05, 0) is 35.0 Å². The molecular formula is C20H16N4O3. The minimum absolute atomic E-state index is 0.0199. The number of anilines is 1. The van der Waals surface area contributed by atoms with Crippen molar-refractivity contribution in [2.75, 3.05) is 12.4 Å². The molecule has 0 atom stereocenters. The third kappa shape index (κ3) is 3.22. The van der Waals surface area contributed by atoms with Crippen LogP contribution in [0.25, 0.3) is 21.8 Å². The van der Waals surface area contributed by atoms with Crippen molar-refractivity contribution in [1.82, 2.24) is 15.0 Å². The highest BCUT2D eigenvalue weighted by molar-refractivity contribution is 6.05. The van der Waals surface area contributed by atoms with Gasteiger partial charge in [-0.1, -0.05) is 41.6 Å². The van der Waals surface area contributed by atoms with Crippen molar-refractivity contribution >= 4 is 39.4 Å². The Morgan fingerprint density at radius 2 is 1.74 bits per heavy atom. The number of hydrogen-bond acceptors (Lipinski definition) is 5. The standard InChI is InChI=1S/C20H16N4O3/c1-27-20(26)15-10-13-6-2-3-7-14(13)11-17(15)21-19(25)12-24-18-9-5-4-8-16(18)22-23-24/h2-11H,12H2,1H3,(H,21,25). The maximum atomic E-state index is 12.6. The predicted molar refractivity (Wildman–Crippen MR) is 101 cm³/mol. The van der Waals surface area contributed by atoms with E-state index in [1.807, 2.05) is 48.5 Å². The summed E-state index contributed by atoms with van der Waals surface area (Å²) in [6.45, 7) is -0.0199. The first-order valence-electron chi connectivity index (χ1n) is 8.35. The maximum Gasteiger partial charge on any atom is 0.339 e. The Morgan fingerprint density at radius 1 is 1.04 bits per heavy atom. The van der Waals surface area contributed by atoms with E-state index in [1.165, 1.54) is 11.8 Å². The molecule has 0 aliphatic heterocycles. The van der Waals surface area contributed by atoms with Crippen molar-refractivity contribution in [2.45, 2.75) is 6.54 Å². The van der Waals surface area contributed by atoms with Crippen LogP contribution in [0.15, 0.2) is 60.7 Å². The molecule has 0 spiro atoms. The lowest BCUT2D eigenvalue weighted by Gasteiger charge is -2.12.